The Morgan fingerprint density at radius 2 is 1.69 bits per heavy atom. The predicted octanol–water partition coefficient (Wildman–Crippen LogP) is 11.6. The van der Waals surface area contributed by atoms with Crippen molar-refractivity contribution in [2.24, 2.45) is 5.92 Å². The Kier molecular flexibility index (Phi) is 13.7. The second-order valence-electron chi connectivity index (χ2n) is 13.9. The molecule has 0 fully saturated rings. The topological polar surface area (TPSA) is 50.2 Å². The minimum absolute atomic E-state index is 0. The molecule has 0 amide bonds. The van der Waals surface area contributed by atoms with Crippen molar-refractivity contribution in [3.63, 3.8) is 0 Å². The number of hydrogen-bond donors (Lipinski definition) is 1. The molecule has 2 aromatic heterocycles. The third-order valence-corrected chi connectivity index (χ3v) is 12.4. The standard InChI is InChI=1S/C32H34NSSi.C9H15FO2.Ir/c1-19(2)28-18-24(17-23-10-9-20(3)15-29(23)28)30-32-27(13-14-33-30)22(5)31(34-32)26-12-11-25(16-21(26)4)35(6,7)8;1-3-7(4-2)9(12)5-8(11)6-10;/h9-16,18-19H,1-8H3;5,7,12H,3-4,6H2,1-2H3;/q-1;;/b;9-5-;. The third kappa shape index (κ3) is 8.79. The number of ketones is 1. The molecule has 2 heterocycles. The second kappa shape index (κ2) is 16.6. The molecule has 5 aromatic rings. The van der Waals surface area contributed by atoms with Gasteiger partial charge in [0.25, 0.3) is 0 Å². The number of nitrogens with zero attached hydrogens (tertiary/aromatic N) is 1. The number of benzene rings is 3. The molecule has 5 rings (SSSR count). The fraction of sp³-hybridized carbons (Fsp3) is 0.366. The van der Waals surface area contributed by atoms with Crippen LogP contribution in [-0.4, -0.2) is 30.6 Å². The number of rotatable bonds is 9. The Morgan fingerprint density at radius 3 is 2.27 bits per heavy atom. The number of alkyl halides is 1. The van der Waals surface area contributed by atoms with Crippen LogP contribution in [0.15, 0.2) is 66.6 Å². The van der Waals surface area contributed by atoms with E-state index in [1.54, 1.807) is 0 Å². The zero-order chi connectivity index (χ0) is 34.6. The van der Waals surface area contributed by atoms with E-state index in [4.69, 9.17) is 4.98 Å². The van der Waals surface area contributed by atoms with Gasteiger partial charge < -0.3 is 5.11 Å². The molecule has 1 radical (unpaired) electrons. The van der Waals surface area contributed by atoms with Crippen molar-refractivity contribution in [3.05, 3.63) is 94.9 Å². The van der Waals surface area contributed by atoms with Crippen LogP contribution in [0.3, 0.4) is 0 Å². The van der Waals surface area contributed by atoms with Gasteiger partial charge >= 0.3 is 0 Å². The van der Waals surface area contributed by atoms with Crippen molar-refractivity contribution in [2.75, 3.05) is 6.67 Å². The van der Waals surface area contributed by atoms with E-state index in [9.17, 15) is 14.3 Å². The van der Waals surface area contributed by atoms with Crippen LogP contribution in [0, 0.1) is 32.8 Å². The number of aromatic nitrogens is 1. The predicted molar refractivity (Wildman–Crippen MR) is 204 cm³/mol. The molecule has 7 heteroatoms. The largest absolute Gasteiger partial charge is 0.512 e. The van der Waals surface area contributed by atoms with Crippen LogP contribution < -0.4 is 5.19 Å². The molecule has 0 aliphatic heterocycles. The molecule has 0 atom stereocenters. The molecule has 0 spiro atoms. The van der Waals surface area contributed by atoms with E-state index >= 15 is 0 Å². The molecule has 0 aliphatic carbocycles. The maximum absolute atomic E-state index is 11.7. The molecule has 0 unspecified atom stereocenters. The SMILES string of the molecule is CCC(CC)/C(O)=C/C(=O)CF.Cc1ccc2[c-]c(-c3nccc4c(C)c(-c5ccc([Si](C)(C)C)cc5C)sc34)cc(C(C)C)c2c1.[Ir]. The summed E-state index contributed by atoms with van der Waals surface area (Å²) >= 11 is 1.88. The third-order valence-electron chi connectivity index (χ3n) is 8.97. The monoisotopic (exact) mass is 859 g/mol. The van der Waals surface area contributed by atoms with Gasteiger partial charge in [0.1, 0.15) is 0 Å². The first-order chi connectivity index (χ1) is 22.2. The average Bonchev–Trinajstić information content (AvgIpc) is 3.36. The summed E-state index contributed by atoms with van der Waals surface area (Å²) in [4.78, 5) is 16.8. The average molecular weight is 859 g/mol. The van der Waals surface area contributed by atoms with Crippen molar-refractivity contribution in [1.82, 2.24) is 4.98 Å². The van der Waals surface area contributed by atoms with E-state index in [-0.39, 0.29) is 31.8 Å². The van der Waals surface area contributed by atoms with Crippen molar-refractivity contribution < 1.29 is 34.4 Å². The van der Waals surface area contributed by atoms with Crippen LogP contribution in [0.1, 0.15) is 68.7 Å². The van der Waals surface area contributed by atoms with E-state index in [1.807, 2.05) is 31.4 Å². The number of pyridine rings is 1. The summed E-state index contributed by atoms with van der Waals surface area (Å²) in [7, 11) is -1.34. The molecule has 0 bridgehead atoms. The van der Waals surface area contributed by atoms with E-state index in [2.05, 4.69) is 109 Å². The molecule has 0 saturated carbocycles. The summed E-state index contributed by atoms with van der Waals surface area (Å²) in [6, 6.07) is 22.0. The van der Waals surface area contributed by atoms with E-state index in [0.29, 0.717) is 5.92 Å². The zero-order valence-corrected chi connectivity index (χ0v) is 34.2. The fourth-order valence-electron chi connectivity index (χ4n) is 6.04. The summed E-state index contributed by atoms with van der Waals surface area (Å²) in [5, 5.41) is 14.6. The molecule has 0 aliphatic rings. The van der Waals surface area contributed by atoms with Gasteiger partial charge in [0.2, 0.25) is 0 Å². The Hall–Kier alpha value is -2.96. The number of fused-ring (bicyclic) bond motifs is 2. The Labute approximate surface area is 305 Å². The normalized spacial score (nSPS) is 12.0. The zero-order valence-electron chi connectivity index (χ0n) is 30.0. The summed E-state index contributed by atoms with van der Waals surface area (Å²) in [6.07, 6.45) is 4.47. The summed E-state index contributed by atoms with van der Waals surface area (Å²) in [5.74, 6) is -0.248. The van der Waals surface area contributed by atoms with Crippen LogP contribution >= 0.6 is 11.3 Å². The van der Waals surface area contributed by atoms with Crippen molar-refractivity contribution in [1.29, 1.82) is 0 Å². The van der Waals surface area contributed by atoms with E-state index in [0.717, 1.165) is 30.2 Å². The number of aliphatic hydroxyl groups excluding tert-OH is 1. The fourth-order valence-corrected chi connectivity index (χ4v) is 8.66. The number of allylic oxidation sites excluding steroid dienone is 2. The van der Waals surface area contributed by atoms with Gasteiger partial charge in [-0.3, -0.25) is 9.78 Å². The maximum Gasteiger partial charge on any atom is 0.189 e. The van der Waals surface area contributed by atoms with E-state index < -0.39 is 20.5 Å². The minimum Gasteiger partial charge on any atom is -0.512 e. The van der Waals surface area contributed by atoms with Gasteiger partial charge in [-0.2, -0.15) is 0 Å². The molecule has 257 valence electrons. The van der Waals surface area contributed by atoms with Gasteiger partial charge in [0.15, 0.2) is 12.5 Å². The van der Waals surface area contributed by atoms with Crippen molar-refractivity contribution in [3.8, 4) is 21.7 Å². The first kappa shape index (κ1) is 39.5. The number of aryl methyl sites for hydroxylation is 3. The van der Waals surface area contributed by atoms with Gasteiger partial charge in [0, 0.05) is 53.6 Å². The first-order valence-corrected chi connectivity index (χ1v) is 21.0. The smallest absolute Gasteiger partial charge is 0.189 e. The van der Waals surface area contributed by atoms with Crippen LogP contribution in [0.25, 0.3) is 42.6 Å². The number of carbonyl (C=O) groups excluding carboxylic acids is 1. The summed E-state index contributed by atoms with van der Waals surface area (Å²) in [5.41, 5.74) is 8.84. The molecule has 1 N–H and O–H groups in total. The van der Waals surface area contributed by atoms with Crippen LogP contribution in [-0.2, 0) is 24.9 Å². The Bertz CT molecular complexity index is 1940. The maximum atomic E-state index is 11.7. The molecular formula is C41H49FIrNO2SSi-. The number of aliphatic hydroxyl groups is 1. The number of carbonyl (C=O) groups is 1. The number of halogens is 1. The van der Waals surface area contributed by atoms with Gasteiger partial charge in [-0.05, 0) is 67.7 Å². The second-order valence-corrected chi connectivity index (χ2v) is 20.0. The minimum atomic E-state index is -1.34. The summed E-state index contributed by atoms with van der Waals surface area (Å²) < 4.78 is 13.0. The van der Waals surface area contributed by atoms with Gasteiger partial charge in [-0.25, -0.2) is 4.39 Å². The number of hydrogen-bond acceptors (Lipinski definition) is 4. The van der Waals surface area contributed by atoms with Crippen LogP contribution in [0.5, 0.6) is 0 Å². The van der Waals surface area contributed by atoms with Crippen LogP contribution in [0.2, 0.25) is 19.6 Å². The molecule has 3 nitrogen and oxygen atoms in total. The first-order valence-electron chi connectivity index (χ1n) is 16.7. The Morgan fingerprint density at radius 1 is 1.00 bits per heavy atom. The molecule has 3 aromatic carbocycles. The van der Waals surface area contributed by atoms with Gasteiger partial charge in [0.05, 0.1) is 13.8 Å². The van der Waals surface area contributed by atoms with Gasteiger partial charge in [-0.1, -0.05) is 99.4 Å². The van der Waals surface area contributed by atoms with Crippen LogP contribution in [0.4, 0.5) is 4.39 Å². The van der Waals surface area contributed by atoms with Crippen molar-refractivity contribution in [2.45, 2.75) is 86.9 Å². The summed E-state index contributed by atoms with van der Waals surface area (Å²) in [6.45, 7) is 21.3. The molecular weight excluding hydrogens is 810 g/mol. The quantitative estimate of drug-likeness (QED) is 0.0695. The van der Waals surface area contributed by atoms with E-state index in [1.165, 1.54) is 58.7 Å². The van der Waals surface area contributed by atoms with Gasteiger partial charge in [-0.15, -0.1) is 40.5 Å². The molecule has 48 heavy (non-hydrogen) atoms. The molecule has 0 saturated heterocycles. The van der Waals surface area contributed by atoms with Crippen molar-refractivity contribution >= 4 is 51.2 Å². The number of thiophene rings is 1. The Balaban J connectivity index is 0.000000413.